The summed E-state index contributed by atoms with van der Waals surface area (Å²) in [6.45, 7) is 1.13. The second-order valence-corrected chi connectivity index (χ2v) is 5.93. The van der Waals surface area contributed by atoms with Crippen LogP contribution in [0.4, 0.5) is 0 Å². The topological polar surface area (TPSA) is 67.2 Å². The van der Waals surface area contributed by atoms with Gasteiger partial charge in [-0.15, -0.1) is 0 Å². The Morgan fingerprint density at radius 1 is 1.08 bits per heavy atom. The van der Waals surface area contributed by atoms with Crippen LogP contribution in [0.25, 0.3) is 0 Å². The van der Waals surface area contributed by atoms with E-state index in [1.54, 1.807) is 6.20 Å². The third-order valence-corrected chi connectivity index (χ3v) is 3.95. The van der Waals surface area contributed by atoms with E-state index in [-0.39, 0.29) is 12.3 Å². The van der Waals surface area contributed by atoms with Gasteiger partial charge in [-0.1, -0.05) is 54.6 Å². The Kier molecular flexibility index (Phi) is 5.59. The zero-order valence-electron chi connectivity index (χ0n) is 13.9. The van der Waals surface area contributed by atoms with Crippen molar-refractivity contribution in [2.45, 2.75) is 25.6 Å². The Morgan fingerprint density at radius 3 is 2.64 bits per heavy atom. The molecule has 0 fully saturated rings. The van der Waals surface area contributed by atoms with E-state index in [1.165, 1.54) is 0 Å². The van der Waals surface area contributed by atoms with Crippen molar-refractivity contribution in [3.8, 4) is 0 Å². The molecule has 0 aliphatic carbocycles. The van der Waals surface area contributed by atoms with Gasteiger partial charge in [-0.2, -0.15) is 5.10 Å². The highest BCUT2D eigenvalue weighted by Crippen LogP contribution is 2.15. The number of benzene rings is 2. The average molecular weight is 335 g/mol. The molecule has 5 nitrogen and oxygen atoms in total. The largest absolute Gasteiger partial charge is 0.388 e. The highest BCUT2D eigenvalue weighted by atomic mass is 16.3. The van der Waals surface area contributed by atoms with Gasteiger partial charge >= 0.3 is 0 Å². The van der Waals surface area contributed by atoms with E-state index in [9.17, 15) is 9.90 Å². The number of nitrogens with one attached hydrogen (secondary N) is 1. The molecule has 0 aliphatic heterocycles. The van der Waals surface area contributed by atoms with Crippen LogP contribution in [0.3, 0.4) is 0 Å². The maximum Gasteiger partial charge on any atom is 0.223 e. The average Bonchev–Trinajstić information content (AvgIpc) is 3.14. The molecule has 0 bridgehead atoms. The molecule has 3 aromatic rings. The van der Waals surface area contributed by atoms with Crippen molar-refractivity contribution in [1.29, 1.82) is 0 Å². The number of hydrogen-bond donors (Lipinski definition) is 2. The molecule has 1 heterocycles. The van der Waals surface area contributed by atoms with Crippen LogP contribution in [0, 0.1) is 0 Å². The van der Waals surface area contributed by atoms with Crippen molar-refractivity contribution in [1.82, 2.24) is 15.1 Å². The van der Waals surface area contributed by atoms with Crippen LogP contribution in [0.15, 0.2) is 73.1 Å². The first-order chi connectivity index (χ1) is 12.2. The first-order valence-electron chi connectivity index (χ1n) is 8.25. The number of aliphatic hydroxyl groups is 1. The van der Waals surface area contributed by atoms with Gasteiger partial charge in [0.15, 0.2) is 0 Å². The molecule has 0 saturated heterocycles. The number of carbonyl (C=O) groups excluding carboxylic acids is 1. The van der Waals surface area contributed by atoms with E-state index in [1.807, 2.05) is 65.5 Å². The zero-order valence-corrected chi connectivity index (χ0v) is 13.9. The van der Waals surface area contributed by atoms with Crippen LogP contribution in [-0.2, 0) is 17.9 Å². The van der Waals surface area contributed by atoms with Crippen LogP contribution in [0.2, 0.25) is 0 Å². The van der Waals surface area contributed by atoms with Crippen LogP contribution in [0.5, 0.6) is 0 Å². The van der Waals surface area contributed by atoms with E-state index in [4.69, 9.17) is 0 Å². The van der Waals surface area contributed by atoms with Crippen molar-refractivity contribution in [2.24, 2.45) is 0 Å². The molecule has 25 heavy (non-hydrogen) atoms. The van der Waals surface area contributed by atoms with Gasteiger partial charge in [0.1, 0.15) is 0 Å². The summed E-state index contributed by atoms with van der Waals surface area (Å²) in [4.78, 5) is 12.1. The lowest BCUT2D eigenvalue weighted by molar-refractivity contribution is -0.123. The fourth-order valence-electron chi connectivity index (χ4n) is 2.66. The molecule has 3 rings (SSSR count). The summed E-state index contributed by atoms with van der Waals surface area (Å²) in [6, 6.07) is 19.1. The predicted octanol–water partition coefficient (Wildman–Crippen LogP) is 2.67. The monoisotopic (exact) mass is 335 g/mol. The summed E-state index contributed by atoms with van der Waals surface area (Å²) in [5.41, 5.74) is 2.89. The molecular weight excluding hydrogens is 314 g/mol. The smallest absolute Gasteiger partial charge is 0.223 e. The Labute approximate surface area is 146 Å². The second-order valence-electron chi connectivity index (χ2n) is 5.93. The van der Waals surface area contributed by atoms with Crippen LogP contribution in [0.1, 0.15) is 29.2 Å². The van der Waals surface area contributed by atoms with Crippen molar-refractivity contribution in [3.63, 3.8) is 0 Å². The standard InChI is InChI=1S/C20H21N3O2/c24-19(18-8-2-1-3-9-18)13-20(25)21-14-16-6-4-7-17(12-16)15-23-11-5-10-22-23/h1-12,19,24H,13-15H2,(H,21,25). The summed E-state index contributed by atoms with van der Waals surface area (Å²) in [7, 11) is 0. The van der Waals surface area contributed by atoms with E-state index < -0.39 is 6.10 Å². The van der Waals surface area contributed by atoms with Gasteiger partial charge in [-0.25, -0.2) is 0 Å². The summed E-state index contributed by atoms with van der Waals surface area (Å²) in [5.74, 6) is -0.172. The highest BCUT2D eigenvalue weighted by Gasteiger charge is 2.12. The Morgan fingerprint density at radius 2 is 1.88 bits per heavy atom. The van der Waals surface area contributed by atoms with Crippen LogP contribution in [-0.4, -0.2) is 20.8 Å². The number of hydrogen-bond acceptors (Lipinski definition) is 3. The minimum atomic E-state index is -0.785. The molecule has 5 heteroatoms. The molecule has 1 aromatic heterocycles. The lowest BCUT2D eigenvalue weighted by Gasteiger charge is -2.12. The van der Waals surface area contributed by atoms with Gasteiger partial charge < -0.3 is 10.4 Å². The number of rotatable bonds is 7. The minimum Gasteiger partial charge on any atom is -0.388 e. The molecule has 1 amide bonds. The summed E-state index contributed by atoms with van der Waals surface area (Å²) in [5, 5.41) is 17.2. The van der Waals surface area contributed by atoms with Gasteiger partial charge in [0.05, 0.1) is 19.1 Å². The molecule has 0 radical (unpaired) electrons. The quantitative estimate of drug-likeness (QED) is 0.697. The number of nitrogens with zero attached hydrogens (tertiary/aromatic N) is 2. The van der Waals surface area contributed by atoms with Gasteiger partial charge in [-0.3, -0.25) is 9.48 Å². The fraction of sp³-hybridized carbons (Fsp3) is 0.200. The molecule has 0 aliphatic rings. The lowest BCUT2D eigenvalue weighted by Crippen LogP contribution is -2.24. The second kappa shape index (κ2) is 8.26. The molecule has 2 N–H and O–H groups in total. The highest BCUT2D eigenvalue weighted by molar-refractivity contribution is 5.76. The molecular formula is C20H21N3O2. The minimum absolute atomic E-state index is 0.0526. The third-order valence-electron chi connectivity index (χ3n) is 3.95. The van der Waals surface area contributed by atoms with E-state index in [0.717, 1.165) is 16.7 Å². The van der Waals surface area contributed by atoms with E-state index in [2.05, 4.69) is 16.5 Å². The first kappa shape index (κ1) is 16.9. The van der Waals surface area contributed by atoms with Gasteiger partial charge in [0.2, 0.25) is 5.91 Å². The van der Waals surface area contributed by atoms with Gasteiger partial charge in [0, 0.05) is 18.9 Å². The van der Waals surface area contributed by atoms with Crippen molar-refractivity contribution >= 4 is 5.91 Å². The maximum absolute atomic E-state index is 12.1. The number of aliphatic hydroxyl groups excluding tert-OH is 1. The van der Waals surface area contributed by atoms with E-state index >= 15 is 0 Å². The fourth-order valence-corrected chi connectivity index (χ4v) is 2.66. The Balaban J connectivity index is 1.52. The summed E-state index contributed by atoms with van der Waals surface area (Å²) in [6.07, 6.45) is 2.94. The molecule has 2 aromatic carbocycles. The summed E-state index contributed by atoms with van der Waals surface area (Å²) >= 11 is 0. The molecule has 1 unspecified atom stereocenters. The number of aromatic nitrogens is 2. The first-order valence-corrected chi connectivity index (χ1v) is 8.25. The molecule has 0 spiro atoms. The van der Waals surface area contributed by atoms with Crippen LogP contribution >= 0.6 is 0 Å². The van der Waals surface area contributed by atoms with Gasteiger partial charge in [-0.05, 0) is 22.8 Å². The third kappa shape index (κ3) is 5.02. The normalized spacial score (nSPS) is 11.9. The number of amides is 1. The zero-order chi connectivity index (χ0) is 17.5. The van der Waals surface area contributed by atoms with Crippen molar-refractivity contribution in [3.05, 3.63) is 89.7 Å². The van der Waals surface area contributed by atoms with E-state index in [0.29, 0.717) is 13.1 Å². The van der Waals surface area contributed by atoms with Crippen molar-refractivity contribution < 1.29 is 9.90 Å². The maximum atomic E-state index is 12.1. The number of carbonyl (C=O) groups is 1. The predicted molar refractivity (Wildman–Crippen MR) is 95.6 cm³/mol. The van der Waals surface area contributed by atoms with Crippen molar-refractivity contribution in [2.75, 3.05) is 0 Å². The van der Waals surface area contributed by atoms with Crippen LogP contribution < -0.4 is 5.32 Å². The lowest BCUT2D eigenvalue weighted by atomic mass is 10.1. The molecule has 0 saturated carbocycles. The van der Waals surface area contributed by atoms with Gasteiger partial charge in [0.25, 0.3) is 0 Å². The molecule has 1 atom stereocenters. The SMILES string of the molecule is O=C(CC(O)c1ccccc1)NCc1cccc(Cn2cccn2)c1. The molecule has 128 valence electrons. The summed E-state index contributed by atoms with van der Waals surface area (Å²) < 4.78 is 1.86. The Bertz CT molecular complexity index is 801. The Hall–Kier alpha value is -2.92.